The second-order valence-corrected chi connectivity index (χ2v) is 9.37. The lowest BCUT2D eigenvalue weighted by atomic mass is 10.2. The Hall–Kier alpha value is -4.52. The number of fused-ring (bicyclic) bond motifs is 3. The van der Waals surface area contributed by atoms with Crippen LogP contribution < -0.4 is 4.74 Å². The van der Waals surface area contributed by atoms with Gasteiger partial charge in [0.2, 0.25) is 0 Å². The van der Waals surface area contributed by atoms with Crippen molar-refractivity contribution in [2.75, 3.05) is 6.61 Å². The number of rotatable bonds is 11. The molecular weight excluding hydrogens is 476 g/mol. The molecule has 0 bridgehead atoms. The number of azo groups is 1. The van der Waals surface area contributed by atoms with Gasteiger partial charge in [-0.05, 0) is 67.8 Å². The van der Waals surface area contributed by atoms with Crippen molar-refractivity contribution >= 4 is 38.9 Å². The topological polar surface area (TPSA) is 82.0 Å². The minimum atomic E-state index is -0.417. The first-order valence-corrected chi connectivity index (χ1v) is 13.0. The number of hydrogen-bond donors (Lipinski definition) is 0. The van der Waals surface area contributed by atoms with E-state index >= 15 is 0 Å². The number of non-ortho nitro benzene ring substituents is 1. The molecule has 0 aliphatic heterocycles. The number of nitrogens with zero attached hydrogens (tertiary/aromatic N) is 4. The summed E-state index contributed by atoms with van der Waals surface area (Å²) in [6.45, 7) is 3.48. The van der Waals surface area contributed by atoms with E-state index in [1.807, 2.05) is 24.3 Å². The molecule has 1 heterocycles. The Morgan fingerprint density at radius 2 is 1.45 bits per heavy atom. The standard InChI is InChI=1S/C31H30N4O3/c1-23-22-25(35(36)37)16-19-29(23)33-32-24-14-17-26(18-15-24)38-21-9-3-2-8-20-34-30-12-6-4-10-27(30)28-11-5-7-13-31(28)34/h4-7,10-19,22H,2-3,8-9,20-21H2,1H3. The van der Waals surface area contributed by atoms with Gasteiger partial charge in [0.05, 0.1) is 22.9 Å². The van der Waals surface area contributed by atoms with Crippen LogP contribution >= 0.6 is 0 Å². The van der Waals surface area contributed by atoms with Gasteiger partial charge in [0.25, 0.3) is 5.69 Å². The van der Waals surface area contributed by atoms with E-state index in [2.05, 4.69) is 63.3 Å². The van der Waals surface area contributed by atoms with E-state index in [9.17, 15) is 10.1 Å². The second kappa shape index (κ2) is 11.7. The molecule has 5 rings (SSSR count). The van der Waals surface area contributed by atoms with Gasteiger partial charge >= 0.3 is 0 Å². The van der Waals surface area contributed by atoms with Crippen LogP contribution in [0.5, 0.6) is 5.75 Å². The van der Waals surface area contributed by atoms with Crippen LogP contribution in [-0.4, -0.2) is 16.1 Å². The molecule has 0 atom stereocenters. The van der Waals surface area contributed by atoms with Crippen LogP contribution in [0.15, 0.2) is 101 Å². The summed E-state index contributed by atoms with van der Waals surface area (Å²) in [4.78, 5) is 10.5. The van der Waals surface area contributed by atoms with E-state index in [1.165, 1.54) is 33.9 Å². The van der Waals surface area contributed by atoms with Crippen molar-refractivity contribution in [2.45, 2.75) is 39.2 Å². The number of ether oxygens (including phenoxy) is 1. The van der Waals surface area contributed by atoms with E-state index in [0.29, 0.717) is 23.5 Å². The summed E-state index contributed by atoms with van der Waals surface area (Å²) in [5.41, 5.74) is 4.67. The van der Waals surface area contributed by atoms with Crippen LogP contribution in [0.4, 0.5) is 17.1 Å². The van der Waals surface area contributed by atoms with Crippen molar-refractivity contribution in [2.24, 2.45) is 10.2 Å². The number of benzene rings is 4. The van der Waals surface area contributed by atoms with Crippen LogP contribution in [0.3, 0.4) is 0 Å². The lowest BCUT2D eigenvalue weighted by Gasteiger charge is -2.08. The summed E-state index contributed by atoms with van der Waals surface area (Å²) in [6, 6.07) is 29.3. The summed E-state index contributed by atoms with van der Waals surface area (Å²) >= 11 is 0. The molecule has 0 saturated heterocycles. The van der Waals surface area contributed by atoms with Crippen molar-refractivity contribution in [1.29, 1.82) is 0 Å². The number of nitro benzene ring substituents is 1. The van der Waals surface area contributed by atoms with Gasteiger partial charge in [-0.3, -0.25) is 10.1 Å². The lowest BCUT2D eigenvalue weighted by Crippen LogP contribution is -1.99. The average Bonchev–Trinajstić information content (AvgIpc) is 3.26. The van der Waals surface area contributed by atoms with Gasteiger partial charge in [0, 0.05) is 40.5 Å². The lowest BCUT2D eigenvalue weighted by molar-refractivity contribution is -0.384. The second-order valence-electron chi connectivity index (χ2n) is 9.37. The number of nitro groups is 1. The fraction of sp³-hybridized carbons (Fsp3) is 0.226. The van der Waals surface area contributed by atoms with E-state index in [1.54, 1.807) is 13.0 Å². The molecule has 192 valence electrons. The maximum absolute atomic E-state index is 10.9. The van der Waals surface area contributed by atoms with Crippen molar-refractivity contribution in [3.8, 4) is 5.75 Å². The fourth-order valence-corrected chi connectivity index (χ4v) is 4.75. The largest absolute Gasteiger partial charge is 0.494 e. The van der Waals surface area contributed by atoms with Crippen LogP contribution in [-0.2, 0) is 6.54 Å². The molecule has 7 heteroatoms. The first-order chi connectivity index (χ1) is 18.6. The highest BCUT2D eigenvalue weighted by Gasteiger charge is 2.09. The number of para-hydroxylation sites is 2. The smallest absolute Gasteiger partial charge is 0.269 e. The predicted octanol–water partition coefficient (Wildman–Crippen LogP) is 9.07. The molecule has 0 unspecified atom stereocenters. The number of aryl methyl sites for hydroxylation is 2. The molecule has 0 fully saturated rings. The van der Waals surface area contributed by atoms with Crippen LogP contribution in [0.2, 0.25) is 0 Å². The highest BCUT2D eigenvalue weighted by Crippen LogP contribution is 2.29. The minimum absolute atomic E-state index is 0.0473. The van der Waals surface area contributed by atoms with Gasteiger partial charge in [-0.1, -0.05) is 49.2 Å². The molecule has 0 radical (unpaired) electrons. The van der Waals surface area contributed by atoms with Crippen molar-refractivity contribution < 1.29 is 9.66 Å². The molecule has 0 aliphatic rings. The van der Waals surface area contributed by atoms with Crippen LogP contribution in [0, 0.1) is 17.0 Å². The number of aromatic nitrogens is 1. The first-order valence-electron chi connectivity index (χ1n) is 13.0. The maximum atomic E-state index is 10.9. The van der Waals surface area contributed by atoms with Gasteiger partial charge in [-0.25, -0.2) is 0 Å². The third-order valence-electron chi connectivity index (χ3n) is 6.73. The van der Waals surface area contributed by atoms with E-state index in [-0.39, 0.29) is 5.69 Å². The van der Waals surface area contributed by atoms with Gasteiger partial charge in [0.15, 0.2) is 0 Å². The van der Waals surface area contributed by atoms with Gasteiger partial charge in [0.1, 0.15) is 5.75 Å². The third-order valence-corrected chi connectivity index (χ3v) is 6.73. The van der Waals surface area contributed by atoms with E-state index in [0.717, 1.165) is 38.0 Å². The molecule has 4 aromatic carbocycles. The van der Waals surface area contributed by atoms with Crippen molar-refractivity contribution in [3.05, 3.63) is 107 Å². The molecule has 0 aliphatic carbocycles. The maximum Gasteiger partial charge on any atom is 0.269 e. The van der Waals surface area contributed by atoms with Gasteiger partial charge < -0.3 is 9.30 Å². The average molecular weight is 507 g/mol. The number of hydrogen-bond acceptors (Lipinski definition) is 5. The quantitative estimate of drug-likeness (QED) is 0.0775. The van der Waals surface area contributed by atoms with Crippen molar-refractivity contribution in [3.63, 3.8) is 0 Å². The van der Waals surface area contributed by atoms with E-state index in [4.69, 9.17) is 4.74 Å². The Kier molecular flexibility index (Phi) is 7.73. The molecular formula is C31H30N4O3. The zero-order chi connectivity index (χ0) is 26.3. The SMILES string of the molecule is Cc1cc([N+](=O)[O-])ccc1N=Nc1ccc(OCCCCCCn2c3ccccc3c3ccccc32)cc1. The molecule has 0 saturated carbocycles. The monoisotopic (exact) mass is 506 g/mol. The summed E-state index contributed by atoms with van der Waals surface area (Å²) in [5, 5.41) is 22.0. The Bertz CT molecular complexity index is 1540. The predicted molar refractivity (Wildman–Crippen MR) is 152 cm³/mol. The van der Waals surface area contributed by atoms with Crippen LogP contribution in [0.25, 0.3) is 21.8 Å². The zero-order valence-electron chi connectivity index (χ0n) is 21.4. The minimum Gasteiger partial charge on any atom is -0.494 e. The molecule has 5 aromatic rings. The molecule has 0 N–H and O–H groups in total. The summed E-state index contributed by atoms with van der Waals surface area (Å²) < 4.78 is 8.35. The van der Waals surface area contributed by atoms with Gasteiger partial charge in [-0.15, -0.1) is 0 Å². The highest BCUT2D eigenvalue weighted by molar-refractivity contribution is 6.07. The zero-order valence-corrected chi connectivity index (χ0v) is 21.4. The molecule has 0 amide bonds. The summed E-state index contributed by atoms with van der Waals surface area (Å²) in [7, 11) is 0. The van der Waals surface area contributed by atoms with Crippen LogP contribution in [0.1, 0.15) is 31.2 Å². The molecule has 7 nitrogen and oxygen atoms in total. The highest BCUT2D eigenvalue weighted by atomic mass is 16.6. The van der Waals surface area contributed by atoms with Crippen molar-refractivity contribution in [1.82, 2.24) is 4.57 Å². The Labute approximate surface area is 221 Å². The first kappa shape index (κ1) is 25.1. The Morgan fingerprint density at radius 1 is 0.789 bits per heavy atom. The Balaban J connectivity index is 1.05. The summed E-state index contributed by atoms with van der Waals surface area (Å²) in [6.07, 6.45) is 4.42. The molecule has 1 aromatic heterocycles. The Morgan fingerprint density at radius 3 is 2.11 bits per heavy atom. The van der Waals surface area contributed by atoms with Gasteiger partial charge in [-0.2, -0.15) is 10.2 Å². The molecule has 0 spiro atoms. The molecule has 38 heavy (non-hydrogen) atoms. The number of unbranched alkanes of at least 4 members (excludes halogenated alkanes) is 3. The third kappa shape index (κ3) is 5.72. The summed E-state index contributed by atoms with van der Waals surface area (Å²) in [5.74, 6) is 0.806. The van der Waals surface area contributed by atoms with E-state index < -0.39 is 4.92 Å². The normalized spacial score (nSPS) is 11.5. The fourth-order valence-electron chi connectivity index (χ4n) is 4.75.